The molecule has 0 radical (unpaired) electrons. The van der Waals surface area contributed by atoms with Gasteiger partial charge in [-0.15, -0.1) is 0 Å². The summed E-state index contributed by atoms with van der Waals surface area (Å²) in [5.74, 6) is 0. The van der Waals surface area contributed by atoms with E-state index in [0.717, 1.165) is 10.9 Å². The molecule has 0 bridgehead atoms. The average Bonchev–Trinajstić information content (AvgIpc) is 2.27. The molecule has 0 saturated heterocycles. The number of benzene rings is 1. The van der Waals surface area contributed by atoms with Crippen LogP contribution >= 0.6 is 15.9 Å². The van der Waals surface area contributed by atoms with Crippen molar-refractivity contribution >= 4 is 26.0 Å². The summed E-state index contributed by atoms with van der Waals surface area (Å²) in [5.41, 5.74) is 0.837. The summed E-state index contributed by atoms with van der Waals surface area (Å²) < 4.78 is 26.7. The molecule has 0 unspecified atom stereocenters. The average molecular weight is 320 g/mol. The summed E-state index contributed by atoms with van der Waals surface area (Å²) in [6.45, 7) is 6.29. The lowest BCUT2D eigenvalue weighted by Gasteiger charge is -2.21. The second kappa shape index (κ2) is 5.50. The van der Waals surface area contributed by atoms with E-state index in [0.29, 0.717) is 11.4 Å². The third-order valence-corrected chi connectivity index (χ3v) is 5.32. The summed E-state index contributed by atoms with van der Waals surface area (Å²) in [4.78, 5) is 0.322. The lowest BCUT2D eigenvalue weighted by atomic mass is 9.98. The fraction of sp³-hybridized carbons (Fsp3) is 0.500. The zero-order chi connectivity index (χ0) is 13.1. The quantitative estimate of drug-likeness (QED) is 0.848. The molecule has 96 valence electrons. The first-order valence-corrected chi connectivity index (χ1v) is 8.00. The Balaban J connectivity index is 2.83. The topological polar surface area (TPSA) is 46.2 Å². The molecule has 0 aliphatic heterocycles. The number of nitrogens with one attached hydrogen (secondary N) is 1. The Kier molecular flexibility index (Phi) is 4.75. The van der Waals surface area contributed by atoms with Crippen molar-refractivity contribution in [3.8, 4) is 0 Å². The molecule has 0 heterocycles. The molecule has 1 aromatic rings. The highest BCUT2D eigenvalue weighted by Gasteiger charge is 2.21. The van der Waals surface area contributed by atoms with Gasteiger partial charge in [-0.05, 0) is 30.0 Å². The van der Waals surface area contributed by atoms with Crippen molar-refractivity contribution in [2.24, 2.45) is 5.41 Å². The Morgan fingerprint density at radius 3 is 2.53 bits per heavy atom. The first-order chi connectivity index (χ1) is 7.77. The molecular weight excluding hydrogens is 302 g/mol. The molecule has 0 atom stereocenters. The molecule has 0 aromatic heterocycles. The highest BCUT2D eigenvalue weighted by Crippen LogP contribution is 2.18. The Labute approximate surface area is 112 Å². The molecule has 0 aliphatic carbocycles. The molecule has 1 N–H and O–H groups in total. The smallest absolute Gasteiger partial charge is 0.211 e. The van der Waals surface area contributed by atoms with Gasteiger partial charge in [-0.25, -0.2) is 13.1 Å². The van der Waals surface area contributed by atoms with Crippen molar-refractivity contribution in [2.45, 2.75) is 25.7 Å². The minimum absolute atomic E-state index is 0.100. The predicted molar refractivity (Wildman–Crippen MR) is 73.9 cm³/mol. The molecule has 0 spiro atoms. The van der Waals surface area contributed by atoms with Crippen LogP contribution in [0.15, 0.2) is 29.2 Å². The van der Waals surface area contributed by atoms with Crippen LogP contribution in [0.4, 0.5) is 0 Å². The highest BCUT2D eigenvalue weighted by molar-refractivity contribution is 9.09. The zero-order valence-corrected chi connectivity index (χ0v) is 12.7. The molecule has 0 aliphatic rings. The van der Waals surface area contributed by atoms with E-state index in [1.54, 1.807) is 18.2 Å². The standard InChI is InChI=1S/C12H18BrNO2S/c1-10-5-4-6-11(7-10)17(15,16)14-9-12(2,3)8-13/h4-7,14H,8-9H2,1-3H3. The number of halogens is 1. The second-order valence-electron chi connectivity index (χ2n) is 4.94. The summed E-state index contributed by atoms with van der Waals surface area (Å²) >= 11 is 3.37. The molecule has 0 fully saturated rings. The van der Waals surface area contributed by atoms with Crippen LogP contribution in [-0.4, -0.2) is 20.3 Å². The van der Waals surface area contributed by atoms with E-state index in [-0.39, 0.29) is 5.41 Å². The number of hydrogen-bond donors (Lipinski definition) is 1. The van der Waals surface area contributed by atoms with Crippen molar-refractivity contribution in [1.29, 1.82) is 0 Å². The summed E-state index contributed by atoms with van der Waals surface area (Å²) in [6, 6.07) is 6.90. The van der Waals surface area contributed by atoms with E-state index < -0.39 is 10.0 Å². The lowest BCUT2D eigenvalue weighted by molar-refractivity contribution is 0.420. The van der Waals surface area contributed by atoms with Crippen molar-refractivity contribution in [3.05, 3.63) is 29.8 Å². The van der Waals surface area contributed by atoms with Crippen LogP contribution in [0.2, 0.25) is 0 Å². The van der Waals surface area contributed by atoms with Gasteiger partial charge in [-0.2, -0.15) is 0 Å². The Morgan fingerprint density at radius 1 is 1.35 bits per heavy atom. The number of hydrogen-bond acceptors (Lipinski definition) is 2. The maximum absolute atomic E-state index is 12.0. The normalized spacial score (nSPS) is 12.7. The molecule has 1 rings (SSSR count). The van der Waals surface area contributed by atoms with Crippen molar-refractivity contribution in [3.63, 3.8) is 0 Å². The monoisotopic (exact) mass is 319 g/mol. The molecular formula is C12H18BrNO2S. The molecule has 1 aromatic carbocycles. The third-order valence-electron chi connectivity index (χ3n) is 2.40. The predicted octanol–water partition coefficient (Wildman–Crippen LogP) is 2.69. The van der Waals surface area contributed by atoms with E-state index in [2.05, 4.69) is 20.7 Å². The van der Waals surface area contributed by atoms with Gasteiger partial charge in [0.2, 0.25) is 10.0 Å². The van der Waals surface area contributed by atoms with Crippen LogP contribution in [0.25, 0.3) is 0 Å². The van der Waals surface area contributed by atoms with Crippen molar-refractivity contribution < 1.29 is 8.42 Å². The Morgan fingerprint density at radius 2 is 2.00 bits per heavy atom. The van der Waals surface area contributed by atoms with E-state index in [1.807, 2.05) is 26.8 Å². The molecule has 3 nitrogen and oxygen atoms in total. The van der Waals surface area contributed by atoms with Crippen molar-refractivity contribution in [1.82, 2.24) is 4.72 Å². The molecule has 5 heteroatoms. The van der Waals surface area contributed by atoms with Crippen LogP contribution in [0, 0.1) is 12.3 Å². The maximum Gasteiger partial charge on any atom is 0.240 e. The summed E-state index contributed by atoms with van der Waals surface area (Å²) in [6.07, 6.45) is 0. The van der Waals surface area contributed by atoms with Crippen LogP contribution < -0.4 is 4.72 Å². The maximum atomic E-state index is 12.0. The lowest BCUT2D eigenvalue weighted by Crippen LogP contribution is -2.34. The second-order valence-corrected chi connectivity index (χ2v) is 7.27. The minimum Gasteiger partial charge on any atom is -0.211 e. The SMILES string of the molecule is Cc1cccc(S(=O)(=O)NCC(C)(C)CBr)c1. The van der Waals surface area contributed by atoms with Gasteiger partial charge in [0, 0.05) is 11.9 Å². The number of sulfonamides is 1. The summed E-state index contributed by atoms with van der Waals surface area (Å²) in [7, 11) is -3.40. The minimum atomic E-state index is -3.40. The van der Waals surface area contributed by atoms with Gasteiger partial charge >= 0.3 is 0 Å². The van der Waals surface area contributed by atoms with E-state index in [4.69, 9.17) is 0 Å². The van der Waals surface area contributed by atoms with Gasteiger partial charge in [-0.1, -0.05) is 41.9 Å². The van der Waals surface area contributed by atoms with Gasteiger partial charge in [0.15, 0.2) is 0 Å². The third kappa shape index (κ3) is 4.41. The summed E-state index contributed by atoms with van der Waals surface area (Å²) in [5, 5.41) is 0.746. The largest absolute Gasteiger partial charge is 0.240 e. The van der Waals surface area contributed by atoms with Gasteiger partial charge in [0.25, 0.3) is 0 Å². The number of alkyl halides is 1. The fourth-order valence-electron chi connectivity index (χ4n) is 1.20. The van der Waals surface area contributed by atoms with Crippen LogP contribution in [0.1, 0.15) is 19.4 Å². The van der Waals surface area contributed by atoms with E-state index in [1.165, 1.54) is 0 Å². The van der Waals surface area contributed by atoms with Gasteiger partial charge in [0.05, 0.1) is 4.90 Å². The van der Waals surface area contributed by atoms with Crippen LogP contribution in [0.5, 0.6) is 0 Å². The van der Waals surface area contributed by atoms with Gasteiger partial charge in [0.1, 0.15) is 0 Å². The highest BCUT2D eigenvalue weighted by atomic mass is 79.9. The number of aryl methyl sites for hydroxylation is 1. The van der Waals surface area contributed by atoms with Gasteiger partial charge in [-0.3, -0.25) is 0 Å². The fourth-order valence-corrected chi connectivity index (χ4v) is 2.75. The van der Waals surface area contributed by atoms with Crippen molar-refractivity contribution in [2.75, 3.05) is 11.9 Å². The molecule has 0 saturated carbocycles. The zero-order valence-electron chi connectivity index (χ0n) is 10.3. The van der Waals surface area contributed by atoms with Gasteiger partial charge < -0.3 is 0 Å². The Hall–Kier alpha value is -0.390. The molecule has 17 heavy (non-hydrogen) atoms. The first kappa shape index (κ1) is 14.7. The van der Waals surface area contributed by atoms with E-state index in [9.17, 15) is 8.42 Å². The number of rotatable bonds is 5. The van der Waals surface area contributed by atoms with E-state index >= 15 is 0 Å². The Bertz CT molecular complexity index is 483. The first-order valence-electron chi connectivity index (χ1n) is 5.39. The van der Waals surface area contributed by atoms with Crippen LogP contribution in [-0.2, 0) is 10.0 Å². The van der Waals surface area contributed by atoms with Crippen LogP contribution in [0.3, 0.4) is 0 Å². The molecule has 0 amide bonds.